The predicted octanol–water partition coefficient (Wildman–Crippen LogP) is 5.81. The highest BCUT2D eigenvalue weighted by molar-refractivity contribution is 6.11. The second kappa shape index (κ2) is 12.7. The number of hydrogen-bond acceptors (Lipinski definition) is 6. The van der Waals surface area contributed by atoms with Crippen LogP contribution in [0.4, 0.5) is 26.0 Å². The molecule has 0 saturated carbocycles. The van der Waals surface area contributed by atoms with Crippen molar-refractivity contribution >= 4 is 34.0 Å². The van der Waals surface area contributed by atoms with Gasteiger partial charge in [-0.05, 0) is 86.7 Å². The molecule has 3 aromatic carbocycles. The maximum atomic E-state index is 13.7. The van der Waals surface area contributed by atoms with Crippen LogP contribution >= 0.6 is 0 Å². The fourth-order valence-electron chi connectivity index (χ4n) is 5.99. The standard InChI is InChI=1S/C33H38F2N6O2/c1-21(2)40-9-11-41(12-10-40)27-4-5-28(31(20-27)36-26-7-13-43-14-8-26)33(42)37-32-29-18-22(3-6-30(29)38-39-32)15-23-16-24(34)19-25(35)17-23/h3-6,16-21,26,36H,7-15H2,1-2H3,(H2,37,38,39,42). The number of carbonyl (C=O) groups excluding carboxylic acids is 1. The number of piperazine rings is 1. The molecule has 1 amide bonds. The van der Waals surface area contributed by atoms with Gasteiger partial charge in [-0.15, -0.1) is 0 Å². The minimum absolute atomic E-state index is 0.217. The number of hydrogen-bond donors (Lipinski definition) is 3. The van der Waals surface area contributed by atoms with Crippen molar-refractivity contribution in [2.75, 3.05) is 54.9 Å². The third kappa shape index (κ3) is 6.81. The summed E-state index contributed by atoms with van der Waals surface area (Å²) >= 11 is 0. The van der Waals surface area contributed by atoms with Gasteiger partial charge in [0.05, 0.1) is 11.1 Å². The zero-order valence-electron chi connectivity index (χ0n) is 24.6. The maximum absolute atomic E-state index is 13.7. The summed E-state index contributed by atoms with van der Waals surface area (Å²) < 4.78 is 33.0. The molecular formula is C33H38F2N6O2. The lowest BCUT2D eigenvalue weighted by Gasteiger charge is -2.38. The van der Waals surface area contributed by atoms with Crippen molar-refractivity contribution in [3.05, 3.63) is 82.9 Å². The average Bonchev–Trinajstić information content (AvgIpc) is 3.38. The lowest BCUT2D eigenvalue weighted by atomic mass is 10.0. The van der Waals surface area contributed by atoms with E-state index >= 15 is 0 Å². The zero-order valence-corrected chi connectivity index (χ0v) is 24.6. The van der Waals surface area contributed by atoms with Crippen LogP contribution < -0.4 is 15.5 Å². The van der Waals surface area contributed by atoms with E-state index in [1.165, 1.54) is 12.1 Å². The Morgan fingerprint density at radius 3 is 2.44 bits per heavy atom. The number of nitrogens with one attached hydrogen (secondary N) is 3. The summed E-state index contributed by atoms with van der Waals surface area (Å²) in [6.45, 7) is 9.73. The van der Waals surface area contributed by atoms with E-state index < -0.39 is 11.6 Å². The minimum atomic E-state index is -0.610. The number of amides is 1. The molecule has 2 fully saturated rings. The Bertz CT molecular complexity index is 1570. The van der Waals surface area contributed by atoms with E-state index in [2.05, 4.69) is 50.5 Å². The van der Waals surface area contributed by atoms with E-state index in [0.29, 0.717) is 42.6 Å². The Morgan fingerprint density at radius 2 is 1.72 bits per heavy atom. The molecular weight excluding hydrogens is 550 g/mol. The summed E-state index contributed by atoms with van der Waals surface area (Å²) in [4.78, 5) is 18.6. The number of fused-ring (bicyclic) bond motifs is 1. The summed E-state index contributed by atoms with van der Waals surface area (Å²) in [5, 5.41) is 14.7. The second-order valence-electron chi connectivity index (χ2n) is 11.7. The monoisotopic (exact) mass is 588 g/mol. The van der Waals surface area contributed by atoms with Crippen molar-refractivity contribution in [2.24, 2.45) is 0 Å². The largest absolute Gasteiger partial charge is 0.381 e. The Labute approximate surface area is 250 Å². The lowest BCUT2D eigenvalue weighted by molar-refractivity contribution is 0.0904. The van der Waals surface area contributed by atoms with Crippen LogP contribution in [-0.4, -0.2) is 72.5 Å². The summed E-state index contributed by atoms with van der Waals surface area (Å²) in [7, 11) is 0. The van der Waals surface area contributed by atoms with Gasteiger partial charge in [0.15, 0.2) is 5.82 Å². The molecule has 0 bridgehead atoms. The Balaban J connectivity index is 1.24. The number of H-pyrrole nitrogens is 1. The summed E-state index contributed by atoms with van der Waals surface area (Å²) in [5.74, 6) is -1.09. The molecule has 0 radical (unpaired) electrons. The molecule has 0 unspecified atom stereocenters. The molecule has 2 aliphatic rings. The van der Waals surface area contributed by atoms with Crippen molar-refractivity contribution in [3.8, 4) is 0 Å². The molecule has 8 nitrogen and oxygen atoms in total. The van der Waals surface area contributed by atoms with Crippen molar-refractivity contribution in [3.63, 3.8) is 0 Å². The topological polar surface area (TPSA) is 85.5 Å². The first-order valence-electron chi connectivity index (χ1n) is 15.0. The van der Waals surface area contributed by atoms with E-state index in [1.54, 1.807) is 0 Å². The quantitative estimate of drug-likeness (QED) is 0.241. The van der Waals surface area contributed by atoms with Crippen molar-refractivity contribution in [1.82, 2.24) is 15.1 Å². The molecule has 0 spiro atoms. The van der Waals surface area contributed by atoms with Crippen molar-refractivity contribution in [1.29, 1.82) is 0 Å². The Morgan fingerprint density at radius 1 is 0.977 bits per heavy atom. The smallest absolute Gasteiger partial charge is 0.258 e. The highest BCUT2D eigenvalue weighted by Gasteiger charge is 2.23. The van der Waals surface area contributed by atoms with Crippen LogP contribution in [0.3, 0.4) is 0 Å². The maximum Gasteiger partial charge on any atom is 0.258 e. The molecule has 2 saturated heterocycles. The number of halogens is 2. The van der Waals surface area contributed by atoms with Crippen LogP contribution in [0.5, 0.6) is 0 Å². The van der Waals surface area contributed by atoms with Crippen LogP contribution in [0.2, 0.25) is 0 Å². The van der Waals surface area contributed by atoms with Gasteiger partial charge >= 0.3 is 0 Å². The van der Waals surface area contributed by atoms with Gasteiger partial charge in [0.2, 0.25) is 0 Å². The van der Waals surface area contributed by atoms with Crippen LogP contribution in [0, 0.1) is 11.6 Å². The lowest BCUT2D eigenvalue weighted by Crippen LogP contribution is -2.48. The second-order valence-corrected chi connectivity index (χ2v) is 11.7. The van der Waals surface area contributed by atoms with Gasteiger partial charge in [-0.1, -0.05) is 6.07 Å². The van der Waals surface area contributed by atoms with E-state index in [1.807, 2.05) is 30.3 Å². The van der Waals surface area contributed by atoms with Crippen molar-refractivity contribution < 1.29 is 18.3 Å². The number of aromatic nitrogens is 2. The van der Waals surface area contributed by atoms with E-state index in [9.17, 15) is 13.6 Å². The number of nitrogens with zero attached hydrogens (tertiary/aromatic N) is 3. The first-order valence-corrected chi connectivity index (χ1v) is 15.0. The fourth-order valence-corrected chi connectivity index (χ4v) is 5.99. The van der Waals surface area contributed by atoms with Gasteiger partial charge < -0.3 is 20.3 Å². The van der Waals surface area contributed by atoms with Gasteiger partial charge in [-0.2, -0.15) is 5.10 Å². The van der Waals surface area contributed by atoms with E-state index in [4.69, 9.17) is 4.74 Å². The van der Waals surface area contributed by atoms with Crippen LogP contribution in [0.1, 0.15) is 48.2 Å². The molecule has 4 aromatic rings. The van der Waals surface area contributed by atoms with Crippen LogP contribution in [-0.2, 0) is 11.2 Å². The average molecular weight is 589 g/mol. The molecule has 2 aliphatic heterocycles. The van der Waals surface area contributed by atoms with E-state index in [0.717, 1.165) is 72.9 Å². The van der Waals surface area contributed by atoms with Gasteiger partial charge in [0, 0.05) is 74.3 Å². The number of aromatic amines is 1. The number of ether oxygens (including phenoxy) is 1. The SMILES string of the molecule is CC(C)N1CCN(c2ccc(C(=O)Nc3n[nH]c4ccc(Cc5cc(F)cc(F)c5)cc34)c(NC3CCOCC3)c2)CC1. The summed E-state index contributed by atoms with van der Waals surface area (Å²) in [6, 6.07) is 15.9. The Kier molecular flexibility index (Phi) is 8.58. The van der Waals surface area contributed by atoms with Crippen LogP contribution in [0.25, 0.3) is 10.9 Å². The third-order valence-corrected chi connectivity index (χ3v) is 8.43. The molecule has 0 aliphatic carbocycles. The number of anilines is 3. The fraction of sp³-hybridized carbons (Fsp3) is 0.394. The summed E-state index contributed by atoms with van der Waals surface area (Å²) in [6.07, 6.45) is 2.09. The molecule has 1 aromatic heterocycles. The third-order valence-electron chi connectivity index (χ3n) is 8.43. The molecule has 43 heavy (non-hydrogen) atoms. The molecule has 3 N–H and O–H groups in total. The molecule has 10 heteroatoms. The Hall–Kier alpha value is -4.02. The van der Waals surface area contributed by atoms with Gasteiger partial charge in [-0.3, -0.25) is 14.8 Å². The number of benzene rings is 3. The minimum Gasteiger partial charge on any atom is -0.381 e. The van der Waals surface area contributed by atoms with Crippen molar-refractivity contribution in [2.45, 2.75) is 45.2 Å². The molecule has 226 valence electrons. The normalized spacial score (nSPS) is 16.6. The van der Waals surface area contributed by atoms with Gasteiger partial charge in [0.1, 0.15) is 11.6 Å². The van der Waals surface area contributed by atoms with E-state index in [-0.39, 0.29) is 11.9 Å². The zero-order chi connectivity index (χ0) is 29.9. The molecule has 3 heterocycles. The van der Waals surface area contributed by atoms with Crippen LogP contribution in [0.15, 0.2) is 54.6 Å². The highest BCUT2D eigenvalue weighted by atomic mass is 19.1. The molecule has 6 rings (SSSR count). The number of carbonyl (C=O) groups is 1. The highest BCUT2D eigenvalue weighted by Crippen LogP contribution is 2.29. The number of rotatable bonds is 8. The first kappa shape index (κ1) is 29.1. The first-order chi connectivity index (χ1) is 20.8. The summed E-state index contributed by atoms with van der Waals surface area (Å²) in [5.41, 5.74) is 4.55. The predicted molar refractivity (Wildman–Crippen MR) is 166 cm³/mol. The van der Waals surface area contributed by atoms with Gasteiger partial charge in [0.25, 0.3) is 5.91 Å². The van der Waals surface area contributed by atoms with Gasteiger partial charge in [-0.25, -0.2) is 8.78 Å². The molecule has 0 atom stereocenters.